The minimum absolute atomic E-state index is 0.230. The van der Waals surface area contributed by atoms with E-state index in [1.54, 1.807) is 6.07 Å². The van der Waals surface area contributed by atoms with E-state index in [1.807, 2.05) is 5.43 Å². The highest BCUT2D eigenvalue weighted by Crippen LogP contribution is 2.21. The second-order valence-corrected chi connectivity index (χ2v) is 4.45. The van der Waals surface area contributed by atoms with Gasteiger partial charge in [0.1, 0.15) is 0 Å². The van der Waals surface area contributed by atoms with E-state index in [0.717, 1.165) is 19.0 Å². The molecule has 1 unspecified atom stereocenters. The number of likely N-dealkylation sites (tertiary alicyclic amines) is 1. The third-order valence-electron chi connectivity index (χ3n) is 3.25. The molecule has 0 saturated carbocycles. The first kappa shape index (κ1) is 12.1. The molecule has 1 atom stereocenters. The van der Waals surface area contributed by atoms with E-state index >= 15 is 0 Å². The lowest BCUT2D eigenvalue weighted by Crippen LogP contribution is -2.30. The van der Waals surface area contributed by atoms with E-state index in [0.29, 0.717) is 12.3 Å². The molecule has 0 bridgehead atoms. The fraction of sp³-hybridized carbons (Fsp3) is 0.636. The summed E-state index contributed by atoms with van der Waals surface area (Å²) in [7, 11) is 0. The number of nitrogens with zero attached hydrogens (tertiary/aromatic N) is 2. The molecular formula is C11H18N4O2. The van der Waals surface area contributed by atoms with Gasteiger partial charge in [-0.25, -0.2) is 5.84 Å². The van der Waals surface area contributed by atoms with E-state index in [4.69, 9.17) is 10.4 Å². The molecule has 1 amide bonds. The van der Waals surface area contributed by atoms with Crippen molar-refractivity contribution < 1.29 is 9.32 Å². The van der Waals surface area contributed by atoms with Crippen molar-refractivity contribution in [3.8, 4) is 0 Å². The number of carbonyl (C=O) groups excluding carboxylic acids is 1. The van der Waals surface area contributed by atoms with Gasteiger partial charge in [-0.05, 0) is 18.9 Å². The maximum Gasteiger partial charge on any atom is 0.287 e. The van der Waals surface area contributed by atoms with Gasteiger partial charge in [0.15, 0.2) is 11.5 Å². The lowest BCUT2D eigenvalue weighted by atomic mass is 10.1. The fourth-order valence-corrected chi connectivity index (χ4v) is 2.18. The zero-order valence-electron chi connectivity index (χ0n) is 9.98. The maximum absolute atomic E-state index is 11.2. The Hall–Kier alpha value is -1.40. The zero-order chi connectivity index (χ0) is 12.3. The number of hydrazine groups is 1. The van der Waals surface area contributed by atoms with Crippen LogP contribution in [-0.4, -0.2) is 29.1 Å². The summed E-state index contributed by atoms with van der Waals surface area (Å²) in [6.07, 6.45) is 2.45. The van der Waals surface area contributed by atoms with Gasteiger partial charge >= 0.3 is 0 Å². The van der Waals surface area contributed by atoms with E-state index in [-0.39, 0.29) is 5.69 Å². The molecule has 2 heterocycles. The Morgan fingerprint density at radius 2 is 2.59 bits per heavy atom. The molecule has 1 aliphatic rings. The normalized spacial score (nSPS) is 20.7. The molecule has 17 heavy (non-hydrogen) atoms. The van der Waals surface area contributed by atoms with Crippen molar-refractivity contribution in [3.05, 3.63) is 17.5 Å². The highest BCUT2D eigenvalue weighted by molar-refractivity contribution is 5.91. The van der Waals surface area contributed by atoms with Gasteiger partial charge in [-0.15, -0.1) is 0 Å². The molecule has 2 rings (SSSR count). The molecule has 0 aliphatic carbocycles. The quantitative estimate of drug-likeness (QED) is 0.453. The van der Waals surface area contributed by atoms with Crippen molar-refractivity contribution in [2.45, 2.75) is 26.3 Å². The highest BCUT2D eigenvalue weighted by atomic mass is 16.5. The molecule has 0 aromatic carbocycles. The van der Waals surface area contributed by atoms with E-state index in [2.05, 4.69) is 17.0 Å². The van der Waals surface area contributed by atoms with Crippen LogP contribution in [0.25, 0.3) is 0 Å². The first-order chi connectivity index (χ1) is 8.22. The van der Waals surface area contributed by atoms with Crippen LogP contribution < -0.4 is 11.3 Å². The minimum atomic E-state index is -0.423. The van der Waals surface area contributed by atoms with Crippen LogP contribution >= 0.6 is 0 Å². The predicted octanol–water partition coefficient (Wildman–Crippen LogP) is 0.510. The number of rotatable bonds is 4. The number of aromatic nitrogens is 1. The maximum atomic E-state index is 11.2. The van der Waals surface area contributed by atoms with Crippen molar-refractivity contribution >= 4 is 5.91 Å². The summed E-state index contributed by atoms with van der Waals surface area (Å²) in [5.41, 5.74) is 2.26. The Bertz CT molecular complexity index is 391. The highest BCUT2D eigenvalue weighted by Gasteiger charge is 2.22. The Balaban J connectivity index is 1.91. The first-order valence-corrected chi connectivity index (χ1v) is 5.91. The summed E-state index contributed by atoms with van der Waals surface area (Å²) in [6.45, 7) is 5.10. The van der Waals surface area contributed by atoms with Gasteiger partial charge in [0, 0.05) is 12.6 Å². The standard InChI is InChI=1S/C11H18N4O2/c1-2-8-3-4-15(6-8)7-9-5-10(14-17-9)11(16)13-12/h5,8H,2-4,6-7,12H2,1H3,(H,13,16). The van der Waals surface area contributed by atoms with Crippen LogP contribution in [0.5, 0.6) is 0 Å². The van der Waals surface area contributed by atoms with Crippen molar-refractivity contribution in [2.24, 2.45) is 11.8 Å². The average molecular weight is 238 g/mol. The molecule has 3 N–H and O–H groups in total. The molecule has 6 heteroatoms. The largest absolute Gasteiger partial charge is 0.359 e. The summed E-state index contributed by atoms with van der Waals surface area (Å²) in [4.78, 5) is 13.5. The Kier molecular flexibility index (Phi) is 3.75. The van der Waals surface area contributed by atoms with Crippen LogP contribution in [0.4, 0.5) is 0 Å². The van der Waals surface area contributed by atoms with Crippen molar-refractivity contribution in [1.29, 1.82) is 0 Å². The fourth-order valence-electron chi connectivity index (χ4n) is 2.18. The molecule has 1 fully saturated rings. The molecule has 0 spiro atoms. The Labute approximate surface area is 100 Å². The number of carbonyl (C=O) groups is 1. The molecular weight excluding hydrogens is 220 g/mol. The second kappa shape index (κ2) is 5.29. The Morgan fingerprint density at radius 1 is 1.76 bits per heavy atom. The lowest BCUT2D eigenvalue weighted by Gasteiger charge is -2.12. The van der Waals surface area contributed by atoms with Gasteiger partial charge in [-0.3, -0.25) is 15.1 Å². The Morgan fingerprint density at radius 3 is 3.24 bits per heavy atom. The SMILES string of the molecule is CCC1CCN(Cc2cc(C(=O)NN)no2)C1. The molecule has 1 aromatic heterocycles. The second-order valence-electron chi connectivity index (χ2n) is 4.45. The number of amides is 1. The molecule has 1 aliphatic heterocycles. The van der Waals surface area contributed by atoms with E-state index < -0.39 is 5.91 Å². The van der Waals surface area contributed by atoms with Crippen molar-refractivity contribution in [3.63, 3.8) is 0 Å². The van der Waals surface area contributed by atoms with E-state index in [1.165, 1.54) is 12.8 Å². The van der Waals surface area contributed by atoms with Gasteiger partial charge in [0.25, 0.3) is 5.91 Å². The monoisotopic (exact) mass is 238 g/mol. The summed E-state index contributed by atoms with van der Waals surface area (Å²) in [6, 6.07) is 1.64. The smallest absolute Gasteiger partial charge is 0.287 e. The number of nitrogens with one attached hydrogen (secondary N) is 1. The predicted molar refractivity (Wildman–Crippen MR) is 61.8 cm³/mol. The van der Waals surface area contributed by atoms with Crippen LogP contribution in [-0.2, 0) is 6.54 Å². The molecule has 0 radical (unpaired) electrons. The lowest BCUT2D eigenvalue weighted by molar-refractivity contribution is 0.0944. The summed E-state index contributed by atoms with van der Waals surface area (Å²) in [5.74, 6) is 6.09. The molecule has 1 aromatic rings. The van der Waals surface area contributed by atoms with Crippen molar-refractivity contribution in [1.82, 2.24) is 15.5 Å². The number of nitrogen functional groups attached to an aromatic ring is 1. The van der Waals surface area contributed by atoms with E-state index in [9.17, 15) is 4.79 Å². The molecule has 94 valence electrons. The molecule has 6 nitrogen and oxygen atoms in total. The topological polar surface area (TPSA) is 84.4 Å². The van der Waals surface area contributed by atoms with Gasteiger partial charge in [-0.2, -0.15) is 0 Å². The minimum Gasteiger partial charge on any atom is -0.359 e. The number of hydrogen-bond acceptors (Lipinski definition) is 5. The summed E-state index contributed by atoms with van der Waals surface area (Å²) in [5, 5.41) is 3.67. The molecule has 1 saturated heterocycles. The van der Waals surface area contributed by atoms with Crippen LogP contribution in [0.2, 0.25) is 0 Å². The third-order valence-corrected chi connectivity index (χ3v) is 3.25. The van der Waals surface area contributed by atoms with Gasteiger partial charge in [0.05, 0.1) is 6.54 Å². The average Bonchev–Trinajstić information content (AvgIpc) is 2.97. The third kappa shape index (κ3) is 2.83. The summed E-state index contributed by atoms with van der Waals surface area (Å²) < 4.78 is 5.11. The van der Waals surface area contributed by atoms with Gasteiger partial charge in [-0.1, -0.05) is 18.5 Å². The van der Waals surface area contributed by atoms with Crippen LogP contribution in [0.1, 0.15) is 36.0 Å². The first-order valence-electron chi connectivity index (χ1n) is 5.91. The number of nitrogens with two attached hydrogens (primary N) is 1. The van der Waals surface area contributed by atoms with Crippen LogP contribution in [0.15, 0.2) is 10.6 Å². The van der Waals surface area contributed by atoms with Gasteiger partial charge in [0.2, 0.25) is 0 Å². The van der Waals surface area contributed by atoms with Gasteiger partial charge < -0.3 is 4.52 Å². The van der Waals surface area contributed by atoms with Crippen molar-refractivity contribution in [2.75, 3.05) is 13.1 Å². The zero-order valence-corrected chi connectivity index (χ0v) is 9.98. The van der Waals surface area contributed by atoms with Crippen LogP contribution in [0, 0.1) is 5.92 Å². The number of hydrogen-bond donors (Lipinski definition) is 2. The van der Waals surface area contributed by atoms with Crippen LogP contribution in [0.3, 0.4) is 0 Å². The summed E-state index contributed by atoms with van der Waals surface area (Å²) >= 11 is 0.